The van der Waals surface area contributed by atoms with Crippen molar-refractivity contribution in [3.8, 4) is 0 Å². The third-order valence-electron chi connectivity index (χ3n) is 5.94. The highest BCUT2D eigenvalue weighted by atomic mass is 32.1. The molecule has 32 heavy (non-hydrogen) atoms. The predicted octanol–water partition coefficient (Wildman–Crippen LogP) is 4.34. The Hall–Kier alpha value is -2.85. The van der Waals surface area contributed by atoms with E-state index < -0.39 is 16.7 Å². The van der Waals surface area contributed by atoms with Crippen molar-refractivity contribution in [1.82, 2.24) is 5.32 Å². The Morgan fingerprint density at radius 1 is 1.31 bits per heavy atom. The summed E-state index contributed by atoms with van der Waals surface area (Å²) in [5.74, 6) is -0.618. The van der Waals surface area contributed by atoms with Crippen molar-refractivity contribution < 1.29 is 14.5 Å². The highest BCUT2D eigenvalue weighted by Gasteiger charge is 2.33. The molecule has 0 bridgehead atoms. The first-order chi connectivity index (χ1) is 14.9. The van der Waals surface area contributed by atoms with Crippen LogP contribution in [-0.2, 0) is 12.8 Å². The number of carbonyl (C=O) groups excluding carboxylic acids is 2. The molecule has 1 atom stereocenters. The number of thiophene rings is 1. The van der Waals surface area contributed by atoms with E-state index in [0.717, 1.165) is 29.7 Å². The summed E-state index contributed by atoms with van der Waals surface area (Å²) in [5, 5.41) is 17.1. The van der Waals surface area contributed by atoms with Crippen molar-refractivity contribution in [3.63, 3.8) is 0 Å². The van der Waals surface area contributed by atoms with Crippen LogP contribution in [0.1, 0.15) is 63.9 Å². The van der Waals surface area contributed by atoms with E-state index in [4.69, 9.17) is 18.0 Å². The van der Waals surface area contributed by atoms with Crippen LogP contribution in [0.2, 0.25) is 0 Å². The molecule has 4 N–H and O–H groups in total. The molecule has 0 radical (unpaired) electrons. The quantitative estimate of drug-likeness (QED) is 0.344. The molecule has 0 fully saturated rings. The zero-order valence-corrected chi connectivity index (χ0v) is 20.0. The maximum absolute atomic E-state index is 12.7. The fourth-order valence-electron chi connectivity index (χ4n) is 4.05. The first kappa shape index (κ1) is 23.8. The number of fused-ring (bicyclic) bond motifs is 1. The van der Waals surface area contributed by atoms with Crippen molar-refractivity contribution >= 4 is 51.2 Å². The molecule has 1 aliphatic carbocycles. The summed E-state index contributed by atoms with van der Waals surface area (Å²) in [6.45, 7) is 8.15. The summed E-state index contributed by atoms with van der Waals surface area (Å²) in [6.07, 6.45) is 2.59. The van der Waals surface area contributed by atoms with E-state index in [1.807, 2.05) is 0 Å². The van der Waals surface area contributed by atoms with Crippen LogP contribution in [0.3, 0.4) is 0 Å². The van der Waals surface area contributed by atoms with Crippen molar-refractivity contribution in [1.29, 1.82) is 0 Å². The molecule has 0 saturated heterocycles. The lowest BCUT2D eigenvalue weighted by Gasteiger charge is -2.33. The maximum atomic E-state index is 12.7. The van der Waals surface area contributed by atoms with E-state index >= 15 is 0 Å². The number of carbonyl (C=O) groups is 2. The Bertz CT molecular complexity index is 1120. The molecule has 1 aliphatic rings. The molecular formula is C22H26N4O4S2. The number of nitro benzene ring substituents is 1. The number of benzene rings is 1. The molecular weight excluding hydrogens is 448 g/mol. The lowest BCUT2D eigenvalue weighted by Crippen LogP contribution is -2.35. The standard InChI is InChI=1S/C22H26N4O4S2/c1-11-13(6-5-7-15(11)26(29)30)19(28)24-21(31)25-20-17(18(23)27)14-9-8-12(22(2,3)4)10-16(14)32-20/h5-7,12H,8-10H2,1-4H3,(H2,23,27)(H2,24,25,28,31)/t12-/m0/s1. The number of primary amides is 1. The number of nitrogens with two attached hydrogens (primary N) is 1. The van der Waals surface area contributed by atoms with Gasteiger partial charge in [-0.05, 0) is 61.4 Å². The maximum Gasteiger partial charge on any atom is 0.273 e. The average molecular weight is 475 g/mol. The smallest absolute Gasteiger partial charge is 0.273 e. The van der Waals surface area contributed by atoms with Gasteiger partial charge in [0.1, 0.15) is 5.00 Å². The molecule has 0 spiro atoms. The molecule has 1 heterocycles. The lowest BCUT2D eigenvalue weighted by molar-refractivity contribution is -0.385. The number of hydrogen-bond donors (Lipinski definition) is 3. The van der Waals surface area contributed by atoms with Crippen molar-refractivity contribution in [2.75, 3.05) is 5.32 Å². The minimum absolute atomic E-state index is 0.00521. The summed E-state index contributed by atoms with van der Waals surface area (Å²) in [5.41, 5.74) is 7.44. The molecule has 10 heteroatoms. The number of hydrogen-bond acceptors (Lipinski definition) is 6. The third kappa shape index (κ3) is 4.81. The summed E-state index contributed by atoms with van der Waals surface area (Å²) in [6, 6.07) is 4.27. The Balaban J connectivity index is 1.81. The molecule has 2 amide bonds. The summed E-state index contributed by atoms with van der Waals surface area (Å²) < 4.78 is 0. The van der Waals surface area contributed by atoms with Crippen LogP contribution in [0.15, 0.2) is 18.2 Å². The minimum Gasteiger partial charge on any atom is -0.365 e. The van der Waals surface area contributed by atoms with E-state index in [1.165, 1.54) is 36.5 Å². The van der Waals surface area contributed by atoms with Crippen molar-refractivity contribution in [2.24, 2.45) is 17.1 Å². The third-order valence-corrected chi connectivity index (χ3v) is 7.31. The van der Waals surface area contributed by atoms with Crippen LogP contribution < -0.4 is 16.4 Å². The number of anilines is 1. The van der Waals surface area contributed by atoms with Gasteiger partial charge in [0, 0.05) is 22.1 Å². The Labute approximate surface area is 195 Å². The van der Waals surface area contributed by atoms with Gasteiger partial charge in [-0.15, -0.1) is 11.3 Å². The molecule has 1 aromatic carbocycles. The number of amides is 2. The lowest BCUT2D eigenvalue weighted by atomic mass is 9.72. The zero-order chi connectivity index (χ0) is 23.8. The van der Waals surface area contributed by atoms with E-state index in [0.29, 0.717) is 16.5 Å². The van der Waals surface area contributed by atoms with E-state index in [2.05, 4.69) is 31.4 Å². The van der Waals surface area contributed by atoms with Crippen LogP contribution in [0, 0.1) is 28.4 Å². The second kappa shape index (κ2) is 8.95. The van der Waals surface area contributed by atoms with E-state index in [9.17, 15) is 19.7 Å². The van der Waals surface area contributed by atoms with Gasteiger partial charge in [0.25, 0.3) is 17.5 Å². The van der Waals surface area contributed by atoms with E-state index in [-0.39, 0.29) is 27.3 Å². The van der Waals surface area contributed by atoms with Crippen molar-refractivity contribution in [2.45, 2.75) is 47.0 Å². The largest absolute Gasteiger partial charge is 0.365 e. The number of nitro groups is 1. The van der Waals surface area contributed by atoms with Gasteiger partial charge < -0.3 is 11.1 Å². The monoisotopic (exact) mass is 474 g/mol. The summed E-state index contributed by atoms with van der Waals surface area (Å²) >= 11 is 6.72. The number of nitrogens with one attached hydrogen (secondary N) is 2. The zero-order valence-electron chi connectivity index (χ0n) is 18.4. The number of nitrogens with zero attached hydrogens (tertiary/aromatic N) is 1. The van der Waals surface area contributed by atoms with Gasteiger partial charge in [-0.1, -0.05) is 26.8 Å². The SMILES string of the molecule is Cc1c(C(=O)NC(=S)Nc2sc3c(c2C(N)=O)CC[C@H](C(C)(C)C)C3)cccc1[N+](=O)[O-]. The van der Waals surface area contributed by atoms with Crippen LogP contribution in [0.25, 0.3) is 0 Å². The minimum atomic E-state index is -0.571. The topological polar surface area (TPSA) is 127 Å². The Morgan fingerprint density at radius 3 is 2.59 bits per heavy atom. The highest BCUT2D eigenvalue weighted by Crippen LogP contribution is 2.44. The number of thiocarbonyl (C=S) groups is 1. The van der Waals surface area contributed by atoms with Crippen LogP contribution in [0.4, 0.5) is 10.7 Å². The average Bonchev–Trinajstić information content (AvgIpc) is 3.03. The summed E-state index contributed by atoms with van der Waals surface area (Å²) in [7, 11) is 0. The van der Waals surface area contributed by atoms with Crippen molar-refractivity contribution in [3.05, 3.63) is 55.4 Å². The van der Waals surface area contributed by atoms with Gasteiger partial charge in [0.15, 0.2) is 5.11 Å². The molecule has 0 saturated carbocycles. The van der Waals surface area contributed by atoms with Gasteiger partial charge in [0.2, 0.25) is 0 Å². The molecule has 2 aromatic rings. The molecule has 0 aliphatic heterocycles. The van der Waals surface area contributed by atoms with Gasteiger partial charge in [-0.25, -0.2) is 0 Å². The Morgan fingerprint density at radius 2 is 2.00 bits per heavy atom. The number of rotatable bonds is 4. The molecule has 1 aromatic heterocycles. The van der Waals surface area contributed by atoms with Gasteiger partial charge >= 0.3 is 0 Å². The first-order valence-electron chi connectivity index (χ1n) is 10.2. The molecule has 3 rings (SSSR count). The fourth-order valence-corrected chi connectivity index (χ4v) is 5.64. The second-order valence-electron chi connectivity index (χ2n) is 8.99. The van der Waals surface area contributed by atoms with Crippen LogP contribution in [0.5, 0.6) is 0 Å². The predicted molar refractivity (Wildman–Crippen MR) is 129 cm³/mol. The summed E-state index contributed by atoms with van der Waals surface area (Å²) in [4.78, 5) is 36.6. The molecule has 170 valence electrons. The first-order valence-corrected chi connectivity index (χ1v) is 11.4. The van der Waals surface area contributed by atoms with Gasteiger partial charge in [0.05, 0.1) is 10.5 Å². The molecule has 0 unspecified atom stereocenters. The van der Waals surface area contributed by atoms with Crippen LogP contribution in [-0.4, -0.2) is 21.9 Å². The van der Waals surface area contributed by atoms with Crippen LogP contribution >= 0.6 is 23.6 Å². The highest BCUT2D eigenvalue weighted by molar-refractivity contribution is 7.80. The second-order valence-corrected chi connectivity index (χ2v) is 10.5. The van der Waals surface area contributed by atoms with E-state index in [1.54, 1.807) is 0 Å². The van der Waals surface area contributed by atoms with Gasteiger partial charge in [-0.3, -0.25) is 25.0 Å². The fraction of sp³-hybridized carbons (Fsp3) is 0.409. The normalized spacial score (nSPS) is 15.6. The Kier molecular flexibility index (Phi) is 6.66. The van der Waals surface area contributed by atoms with Gasteiger partial charge in [-0.2, -0.15) is 0 Å². The molecule has 8 nitrogen and oxygen atoms in total.